The van der Waals surface area contributed by atoms with Crippen molar-refractivity contribution in [1.29, 1.82) is 0 Å². The van der Waals surface area contributed by atoms with Crippen molar-refractivity contribution in [1.82, 2.24) is 0 Å². The van der Waals surface area contributed by atoms with Crippen LogP contribution in [0.3, 0.4) is 0 Å². The molecule has 0 aromatic rings. The van der Waals surface area contributed by atoms with Crippen LogP contribution in [0.2, 0.25) is 0 Å². The Morgan fingerprint density at radius 2 is 1.33 bits per heavy atom. The second kappa shape index (κ2) is 12.0. The molecule has 2 unspecified atom stereocenters. The van der Waals surface area contributed by atoms with Gasteiger partial charge in [0.25, 0.3) is 0 Å². The Balaban J connectivity index is 0. The highest BCUT2D eigenvalue weighted by molar-refractivity contribution is 4.50. The molecule has 0 spiro atoms. The number of aliphatic hydroxyl groups excluding tert-OH is 1. The molecule has 0 aromatic heterocycles. The smallest absolute Gasteiger partial charge is 0.0548 e. The van der Waals surface area contributed by atoms with E-state index in [0.717, 1.165) is 19.3 Å². The van der Waals surface area contributed by atoms with E-state index < -0.39 is 0 Å². The molecule has 94 valence electrons. The van der Waals surface area contributed by atoms with Crippen LogP contribution in [-0.2, 0) is 4.74 Å². The van der Waals surface area contributed by atoms with Gasteiger partial charge in [0.2, 0.25) is 0 Å². The fourth-order valence-electron chi connectivity index (χ4n) is 0.847. The number of ether oxygens (including phenoxy) is 1. The number of hydrogen-bond donors (Lipinski definition) is 1. The van der Waals surface area contributed by atoms with Crippen molar-refractivity contribution >= 4 is 0 Å². The van der Waals surface area contributed by atoms with Gasteiger partial charge in [-0.25, -0.2) is 0 Å². The van der Waals surface area contributed by atoms with Gasteiger partial charge in [-0.15, -0.1) is 0 Å². The largest absolute Gasteiger partial charge is 0.396 e. The van der Waals surface area contributed by atoms with Gasteiger partial charge >= 0.3 is 0 Å². The first-order valence-electron chi connectivity index (χ1n) is 6.24. The molecule has 0 saturated heterocycles. The SMILES string of the molecule is CC(C)CCO.CCC(C)OC(C)CC. The van der Waals surface area contributed by atoms with Gasteiger partial charge in [-0.3, -0.25) is 0 Å². The molecule has 15 heavy (non-hydrogen) atoms. The second-order valence-electron chi connectivity index (χ2n) is 4.48. The van der Waals surface area contributed by atoms with Gasteiger partial charge < -0.3 is 9.84 Å². The summed E-state index contributed by atoms with van der Waals surface area (Å²) >= 11 is 0. The standard InChI is InChI=1S/C8H18O.C5H12O/c1-5-7(3)9-8(4)6-2;1-5(2)3-4-6/h7-8H,5-6H2,1-4H3;5-6H,3-4H2,1-2H3. The van der Waals surface area contributed by atoms with Gasteiger partial charge in [0.1, 0.15) is 0 Å². The van der Waals surface area contributed by atoms with Crippen molar-refractivity contribution in [3.8, 4) is 0 Å². The molecule has 0 radical (unpaired) electrons. The fourth-order valence-corrected chi connectivity index (χ4v) is 0.847. The minimum atomic E-state index is 0.331. The summed E-state index contributed by atoms with van der Waals surface area (Å²) in [6.45, 7) is 13.0. The van der Waals surface area contributed by atoms with Crippen molar-refractivity contribution in [3.05, 3.63) is 0 Å². The first-order chi connectivity index (χ1) is 6.97. The quantitative estimate of drug-likeness (QED) is 0.737. The van der Waals surface area contributed by atoms with Gasteiger partial charge in [0.15, 0.2) is 0 Å². The van der Waals surface area contributed by atoms with Crippen molar-refractivity contribution in [2.75, 3.05) is 6.61 Å². The Morgan fingerprint density at radius 3 is 1.47 bits per heavy atom. The van der Waals surface area contributed by atoms with Crippen LogP contribution in [0.5, 0.6) is 0 Å². The lowest BCUT2D eigenvalue weighted by atomic mass is 10.2. The summed E-state index contributed by atoms with van der Waals surface area (Å²) in [5.74, 6) is 0.648. The molecule has 1 N–H and O–H groups in total. The van der Waals surface area contributed by atoms with Crippen molar-refractivity contribution in [3.63, 3.8) is 0 Å². The molecule has 2 nitrogen and oxygen atoms in total. The number of rotatable bonds is 6. The third-order valence-corrected chi connectivity index (χ3v) is 2.32. The third kappa shape index (κ3) is 16.6. The van der Waals surface area contributed by atoms with Gasteiger partial charge in [-0.1, -0.05) is 27.7 Å². The molecule has 0 fully saturated rings. The molecular formula is C13H30O2. The van der Waals surface area contributed by atoms with E-state index in [1.807, 2.05) is 0 Å². The average molecular weight is 218 g/mol. The van der Waals surface area contributed by atoms with Crippen molar-refractivity contribution in [2.45, 2.75) is 73.0 Å². The lowest BCUT2D eigenvalue weighted by molar-refractivity contribution is 0.00511. The minimum absolute atomic E-state index is 0.331. The highest BCUT2D eigenvalue weighted by Gasteiger charge is 2.02. The third-order valence-electron chi connectivity index (χ3n) is 2.32. The molecular weight excluding hydrogens is 188 g/mol. The Kier molecular flexibility index (Phi) is 13.8. The first kappa shape index (κ1) is 17.3. The van der Waals surface area contributed by atoms with Crippen molar-refractivity contribution < 1.29 is 9.84 Å². The van der Waals surface area contributed by atoms with Gasteiger partial charge in [-0.2, -0.15) is 0 Å². The summed E-state index contributed by atoms with van der Waals surface area (Å²) in [4.78, 5) is 0. The maximum absolute atomic E-state index is 8.24. The van der Waals surface area contributed by atoms with E-state index in [9.17, 15) is 0 Å². The van der Waals surface area contributed by atoms with Gasteiger partial charge in [0.05, 0.1) is 12.2 Å². The van der Waals surface area contributed by atoms with Crippen LogP contribution in [0, 0.1) is 5.92 Å². The van der Waals surface area contributed by atoms with E-state index >= 15 is 0 Å². The van der Waals surface area contributed by atoms with Crippen LogP contribution in [0.4, 0.5) is 0 Å². The fraction of sp³-hybridized carbons (Fsp3) is 1.00. The number of hydrogen-bond acceptors (Lipinski definition) is 2. The van der Waals surface area contributed by atoms with Crippen LogP contribution in [0.1, 0.15) is 60.8 Å². The normalized spacial score (nSPS) is 14.4. The zero-order chi connectivity index (χ0) is 12.3. The Hall–Kier alpha value is -0.0800. The van der Waals surface area contributed by atoms with E-state index in [0.29, 0.717) is 24.7 Å². The molecule has 0 aliphatic heterocycles. The summed E-state index contributed by atoms with van der Waals surface area (Å²) in [5, 5.41) is 8.24. The van der Waals surface area contributed by atoms with E-state index in [-0.39, 0.29) is 0 Å². The van der Waals surface area contributed by atoms with Gasteiger partial charge in [0, 0.05) is 6.61 Å². The Labute approximate surface area is 96.0 Å². The van der Waals surface area contributed by atoms with E-state index in [2.05, 4.69) is 41.5 Å². The van der Waals surface area contributed by atoms with E-state index in [4.69, 9.17) is 9.84 Å². The van der Waals surface area contributed by atoms with Crippen LogP contribution in [-0.4, -0.2) is 23.9 Å². The molecule has 0 aliphatic carbocycles. The van der Waals surface area contributed by atoms with Crippen LogP contribution >= 0.6 is 0 Å². The summed E-state index contributed by atoms with van der Waals surface area (Å²) in [6.07, 6.45) is 4.02. The Morgan fingerprint density at radius 1 is 0.933 bits per heavy atom. The van der Waals surface area contributed by atoms with Crippen LogP contribution in [0.25, 0.3) is 0 Å². The topological polar surface area (TPSA) is 29.5 Å². The average Bonchev–Trinajstić information content (AvgIpc) is 2.18. The zero-order valence-electron chi connectivity index (χ0n) is 11.4. The van der Waals surface area contributed by atoms with Crippen LogP contribution in [0.15, 0.2) is 0 Å². The summed E-state index contributed by atoms with van der Waals surface area (Å²) in [5.41, 5.74) is 0. The maximum Gasteiger partial charge on any atom is 0.0548 e. The molecule has 0 aliphatic rings. The summed E-state index contributed by atoms with van der Waals surface area (Å²) in [7, 11) is 0. The lowest BCUT2D eigenvalue weighted by Crippen LogP contribution is -2.14. The first-order valence-corrected chi connectivity index (χ1v) is 6.24. The molecule has 2 atom stereocenters. The molecule has 0 amide bonds. The highest BCUT2D eigenvalue weighted by atomic mass is 16.5. The summed E-state index contributed by atoms with van der Waals surface area (Å²) in [6, 6.07) is 0. The predicted molar refractivity (Wildman–Crippen MR) is 67.1 cm³/mol. The molecule has 0 aromatic carbocycles. The molecule has 0 saturated carbocycles. The molecule has 0 rings (SSSR count). The monoisotopic (exact) mass is 218 g/mol. The van der Waals surface area contributed by atoms with Crippen molar-refractivity contribution in [2.24, 2.45) is 5.92 Å². The zero-order valence-corrected chi connectivity index (χ0v) is 11.4. The molecule has 0 heterocycles. The Bertz CT molecular complexity index is 105. The van der Waals surface area contributed by atoms with Gasteiger partial charge in [-0.05, 0) is 39.0 Å². The molecule has 2 heteroatoms. The number of aliphatic hydroxyl groups is 1. The minimum Gasteiger partial charge on any atom is -0.396 e. The summed E-state index contributed by atoms with van der Waals surface area (Å²) < 4.78 is 5.55. The maximum atomic E-state index is 8.24. The second-order valence-corrected chi connectivity index (χ2v) is 4.48. The lowest BCUT2D eigenvalue weighted by Gasteiger charge is -2.15. The predicted octanol–water partition coefficient (Wildman–Crippen LogP) is 3.62. The molecule has 0 bridgehead atoms. The highest BCUT2D eigenvalue weighted by Crippen LogP contribution is 2.03. The van der Waals surface area contributed by atoms with E-state index in [1.54, 1.807) is 0 Å². The van der Waals surface area contributed by atoms with E-state index in [1.165, 1.54) is 0 Å². The van der Waals surface area contributed by atoms with Crippen LogP contribution < -0.4 is 0 Å².